The first kappa shape index (κ1) is 9.54. The molecule has 2 N–H and O–H groups in total. The van der Waals surface area contributed by atoms with Crippen molar-refractivity contribution in [1.29, 1.82) is 0 Å². The Hall–Kier alpha value is -0.460. The Balaban J connectivity index is 3.30. The lowest BCUT2D eigenvalue weighted by Gasteiger charge is -1.98. The molecule has 1 unspecified atom stereocenters. The van der Waals surface area contributed by atoms with Crippen LogP contribution in [0.4, 0.5) is 0 Å². The highest BCUT2D eigenvalue weighted by molar-refractivity contribution is 7.77. The number of carbonyl (C=O) groups excluding carboxylic acids is 1. The summed E-state index contributed by atoms with van der Waals surface area (Å²) < 4.78 is 24.5. The van der Waals surface area contributed by atoms with E-state index in [-0.39, 0.29) is 13.2 Å². The SMILES string of the molecule is CCOC(=O)CNS(=O)O. The van der Waals surface area contributed by atoms with E-state index in [1.165, 1.54) is 0 Å². The van der Waals surface area contributed by atoms with Crippen molar-refractivity contribution in [3.63, 3.8) is 0 Å². The number of nitrogens with one attached hydrogen (secondary N) is 1. The minimum atomic E-state index is -2.14. The predicted octanol–water partition coefficient (Wildman–Crippen LogP) is -0.724. The summed E-state index contributed by atoms with van der Waals surface area (Å²) in [5.41, 5.74) is 0. The summed E-state index contributed by atoms with van der Waals surface area (Å²) in [6.07, 6.45) is 0. The fourth-order valence-corrected chi connectivity index (χ4v) is 0.574. The molecule has 0 radical (unpaired) electrons. The van der Waals surface area contributed by atoms with Crippen LogP contribution in [0.15, 0.2) is 0 Å². The summed E-state index contributed by atoms with van der Waals surface area (Å²) >= 11 is -2.14. The van der Waals surface area contributed by atoms with E-state index in [1.54, 1.807) is 6.92 Å². The normalized spacial score (nSPS) is 12.6. The molecule has 0 aliphatic carbocycles. The molecule has 60 valence electrons. The molecule has 0 saturated heterocycles. The third-order valence-corrected chi connectivity index (χ3v) is 1.04. The number of ether oxygens (including phenoxy) is 1. The summed E-state index contributed by atoms with van der Waals surface area (Å²) in [6.45, 7) is 1.70. The predicted molar refractivity (Wildman–Crippen MR) is 35.4 cm³/mol. The zero-order chi connectivity index (χ0) is 7.98. The van der Waals surface area contributed by atoms with Crippen LogP contribution in [-0.4, -0.2) is 27.9 Å². The number of hydrogen-bond acceptors (Lipinski definition) is 3. The van der Waals surface area contributed by atoms with Crippen LogP contribution >= 0.6 is 0 Å². The number of hydrogen-bond donors (Lipinski definition) is 2. The average Bonchev–Trinajstić information content (AvgIpc) is 1.85. The monoisotopic (exact) mass is 167 g/mol. The van der Waals surface area contributed by atoms with Gasteiger partial charge in [0.25, 0.3) is 0 Å². The molecule has 0 spiro atoms. The maximum absolute atomic E-state index is 10.4. The molecule has 0 heterocycles. The van der Waals surface area contributed by atoms with E-state index in [0.717, 1.165) is 0 Å². The Bertz CT molecular complexity index is 137. The van der Waals surface area contributed by atoms with Gasteiger partial charge in [0.1, 0.15) is 6.54 Å². The van der Waals surface area contributed by atoms with Crippen molar-refractivity contribution in [3.05, 3.63) is 0 Å². The third-order valence-electron chi connectivity index (χ3n) is 0.645. The average molecular weight is 167 g/mol. The molecule has 0 rings (SSSR count). The molecule has 0 aliphatic rings. The lowest BCUT2D eigenvalue weighted by Crippen LogP contribution is -2.25. The van der Waals surface area contributed by atoms with Crippen LogP contribution in [0.25, 0.3) is 0 Å². The fourth-order valence-electron chi connectivity index (χ4n) is 0.333. The zero-order valence-corrected chi connectivity index (χ0v) is 6.31. The first-order valence-electron chi connectivity index (χ1n) is 2.66. The minimum absolute atomic E-state index is 0.239. The second-order valence-corrected chi connectivity index (χ2v) is 2.16. The molecular formula is C4H9NO4S. The second-order valence-electron chi connectivity index (χ2n) is 1.38. The Kier molecular flexibility index (Phi) is 5.09. The summed E-state index contributed by atoms with van der Waals surface area (Å²) in [6, 6.07) is 0. The van der Waals surface area contributed by atoms with E-state index in [2.05, 4.69) is 4.74 Å². The molecule has 0 amide bonds. The van der Waals surface area contributed by atoms with Crippen LogP contribution in [-0.2, 0) is 20.8 Å². The first-order valence-corrected chi connectivity index (χ1v) is 3.77. The smallest absolute Gasteiger partial charge is 0.320 e. The molecule has 10 heavy (non-hydrogen) atoms. The Labute approximate surface area is 61.2 Å². The van der Waals surface area contributed by atoms with Gasteiger partial charge in [-0.2, -0.15) is 0 Å². The maximum atomic E-state index is 10.4. The topological polar surface area (TPSA) is 75.6 Å². The van der Waals surface area contributed by atoms with E-state index in [0.29, 0.717) is 0 Å². The molecule has 5 nitrogen and oxygen atoms in total. The summed E-state index contributed by atoms with van der Waals surface area (Å²) in [4.78, 5) is 10.4. The largest absolute Gasteiger partial charge is 0.465 e. The standard InChI is InChI=1S/C4H9NO4S/c1-2-9-4(6)3-5-10(7)8/h5H,2-3H2,1H3,(H,7,8). The van der Waals surface area contributed by atoms with E-state index in [4.69, 9.17) is 4.55 Å². The van der Waals surface area contributed by atoms with Crippen molar-refractivity contribution < 1.29 is 18.3 Å². The lowest BCUT2D eigenvalue weighted by atomic mass is 10.7. The van der Waals surface area contributed by atoms with Crippen LogP contribution in [0.1, 0.15) is 6.92 Å². The molecule has 0 aromatic rings. The molecule has 6 heteroatoms. The van der Waals surface area contributed by atoms with Crippen molar-refractivity contribution in [2.75, 3.05) is 13.2 Å². The van der Waals surface area contributed by atoms with Crippen LogP contribution in [0.5, 0.6) is 0 Å². The number of esters is 1. The van der Waals surface area contributed by atoms with Gasteiger partial charge in [-0.15, -0.1) is 0 Å². The Morgan fingerprint density at radius 2 is 2.40 bits per heavy atom. The van der Waals surface area contributed by atoms with E-state index >= 15 is 0 Å². The summed E-state index contributed by atoms with van der Waals surface area (Å²) in [5.74, 6) is -0.537. The van der Waals surface area contributed by atoms with Gasteiger partial charge in [0, 0.05) is 0 Å². The fraction of sp³-hybridized carbons (Fsp3) is 0.750. The first-order chi connectivity index (χ1) is 4.66. The molecule has 0 fully saturated rings. The zero-order valence-electron chi connectivity index (χ0n) is 5.49. The molecule has 0 aromatic carbocycles. The molecule has 0 saturated carbocycles. The lowest BCUT2D eigenvalue weighted by molar-refractivity contribution is -0.141. The van der Waals surface area contributed by atoms with Crippen LogP contribution < -0.4 is 4.72 Å². The van der Waals surface area contributed by atoms with Gasteiger partial charge in [-0.3, -0.25) is 9.35 Å². The quantitative estimate of drug-likeness (QED) is 0.428. The van der Waals surface area contributed by atoms with E-state index in [9.17, 15) is 9.00 Å². The van der Waals surface area contributed by atoms with Crippen LogP contribution in [0.2, 0.25) is 0 Å². The molecule has 0 bridgehead atoms. The van der Waals surface area contributed by atoms with Gasteiger partial charge in [0.05, 0.1) is 6.61 Å². The van der Waals surface area contributed by atoms with Gasteiger partial charge >= 0.3 is 5.97 Å². The number of carbonyl (C=O) groups is 1. The van der Waals surface area contributed by atoms with Gasteiger partial charge in [-0.1, -0.05) is 0 Å². The third kappa shape index (κ3) is 5.67. The van der Waals surface area contributed by atoms with E-state index in [1.807, 2.05) is 4.72 Å². The Morgan fingerprint density at radius 3 is 2.80 bits per heavy atom. The minimum Gasteiger partial charge on any atom is -0.465 e. The highest BCUT2D eigenvalue weighted by atomic mass is 32.2. The van der Waals surface area contributed by atoms with Crippen LogP contribution in [0.3, 0.4) is 0 Å². The molecule has 1 atom stereocenters. The van der Waals surface area contributed by atoms with Gasteiger partial charge in [0.2, 0.25) is 11.3 Å². The molecule has 0 aromatic heterocycles. The van der Waals surface area contributed by atoms with E-state index < -0.39 is 17.2 Å². The van der Waals surface area contributed by atoms with Crippen LogP contribution in [0, 0.1) is 0 Å². The maximum Gasteiger partial charge on any atom is 0.320 e. The van der Waals surface area contributed by atoms with Gasteiger partial charge in [0.15, 0.2) is 0 Å². The summed E-state index contributed by atoms with van der Waals surface area (Å²) in [7, 11) is 0. The highest BCUT2D eigenvalue weighted by Gasteiger charge is 2.01. The second kappa shape index (κ2) is 5.33. The van der Waals surface area contributed by atoms with Crippen molar-refractivity contribution in [1.82, 2.24) is 4.72 Å². The Morgan fingerprint density at radius 1 is 1.80 bits per heavy atom. The van der Waals surface area contributed by atoms with Crippen molar-refractivity contribution in [2.45, 2.75) is 6.92 Å². The van der Waals surface area contributed by atoms with Crippen molar-refractivity contribution in [2.24, 2.45) is 0 Å². The molecular weight excluding hydrogens is 158 g/mol. The summed E-state index contributed by atoms with van der Waals surface area (Å²) in [5, 5.41) is 0. The van der Waals surface area contributed by atoms with Crippen molar-refractivity contribution in [3.8, 4) is 0 Å². The van der Waals surface area contributed by atoms with Gasteiger partial charge in [-0.25, -0.2) is 8.93 Å². The molecule has 0 aliphatic heterocycles. The van der Waals surface area contributed by atoms with Crippen molar-refractivity contribution >= 4 is 17.2 Å². The van der Waals surface area contributed by atoms with Gasteiger partial charge in [-0.05, 0) is 6.92 Å². The highest BCUT2D eigenvalue weighted by Crippen LogP contribution is 1.74. The number of rotatable bonds is 4. The van der Waals surface area contributed by atoms with Gasteiger partial charge < -0.3 is 4.74 Å².